The number of likely N-dealkylation sites (tertiary alicyclic amines) is 1. The van der Waals surface area contributed by atoms with E-state index < -0.39 is 0 Å². The van der Waals surface area contributed by atoms with E-state index in [9.17, 15) is 4.79 Å². The molecule has 2 saturated heterocycles. The highest BCUT2D eigenvalue weighted by atomic mass is 32.1. The minimum atomic E-state index is -0.251. The molecule has 132 valence electrons. The molecule has 6 nitrogen and oxygen atoms in total. The number of carbonyl (C=O) groups is 1. The molecule has 0 radical (unpaired) electrons. The second-order valence-electron chi connectivity index (χ2n) is 6.86. The Morgan fingerprint density at radius 3 is 3.12 bits per heavy atom. The summed E-state index contributed by atoms with van der Waals surface area (Å²) in [6.45, 7) is 4.51. The first-order valence-corrected chi connectivity index (χ1v) is 9.41. The van der Waals surface area contributed by atoms with Crippen LogP contribution >= 0.6 is 11.3 Å². The zero-order chi connectivity index (χ0) is 17.3. The van der Waals surface area contributed by atoms with Crippen molar-refractivity contribution < 1.29 is 14.3 Å². The maximum atomic E-state index is 12.3. The summed E-state index contributed by atoms with van der Waals surface area (Å²) in [5, 5.41) is 1.79. The molecular weight excluding hydrogens is 338 g/mol. The second kappa shape index (κ2) is 6.82. The van der Waals surface area contributed by atoms with Gasteiger partial charge < -0.3 is 14.4 Å². The lowest BCUT2D eigenvalue weighted by Gasteiger charge is -2.52. The van der Waals surface area contributed by atoms with Crippen LogP contribution < -0.4 is 0 Å². The number of hydrogen-bond donors (Lipinski definition) is 0. The van der Waals surface area contributed by atoms with Gasteiger partial charge in [-0.3, -0.25) is 9.78 Å². The molecule has 0 aliphatic carbocycles. The molecular formula is C18H21N3O3S. The predicted octanol–water partition coefficient (Wildman–Crippen LogP) is 2.44. The van der Waals surface area contributed by atoms with Gasteiger partial charge in [0.15, 0.2) is 0 Å². The van der Waals surface area contributed by atoms with Gasteiger partial charge in [0.25, 0.3) is 5.91 Å². The van der Waals surface area contributed by atoms with Crippen LogP contribution in [0.25, 0.3) is 0 Å². The Hall–Kier alpha value is -1.83. The van der Waals surface area contributed by atoms with Crippen LogP contribution in [0, 0.1) is 6.92 Å². The third kappa shape index (κ3) is 3.58. The summed E-state index contributed by atoms with van der Waals surface area (Å²) >= 11 is 1.44. The van der Waals surface area contributed by atoms with Crippen molar-refractivity contribution in [1.82, 2.24) is 14.9 Å². The minimum Gasteiger partial charge on any atom is -0.373 e. The number of ether oxygens (including phenoxy) is 2. The Kier molecular flexibility index (Phi) is 4.54. The molecule has 25 heavy (non-hydrogen) atoms. The van der Waals surface area contributed by atoms with Crippen molar-refractivity contribution in [3.63, 3.8) is 0 Å². The van der Waals surface area contributed by atoms with E-state index in [1.807, 2.05) is 24.2 Å². The monoisotopic (exact) mass is 359 g/mol. The third-order valence-electron chi connectivity index (χ3n) is 4.76. The first-order valence-electron chi connectivity index (χ1n) is 8.47. The lowest BCUT2D eigenvalue weighted by molar-refractivity contribution is -0.188. The normalized spacial score (nSPS) is 22.0. The fourth-order valence-corrected chi connectivity index (χ4v) is 4.05. The van der Waals surface area contributed by atoms with Crippen molar-refractivity contribution in [3.8, 4) is 0 Å². The molecule has 2 aromatic rings. The van der Waals surface area contributed by atoms with Crippen LogP contribution in [-0.2, 0) is 16.1 Å². The summed E-state index contributed by atoms with van der Waals surface area (Å²) in [5.74, 6) is -0.00986. The Morgan fingerprint density at radius 1 is 1.48 bits per heavy atom. The average molecular weight is 359 g/mol. The van der Waals surface area contributed by atoms with E-state index in [0.717, 1.165) is 24.0 Å². The topological polar surface area (TPSA) is 64.6 Å². The molecule has 2 fully saturated rings. The number of nitrogens with zero attached hydrogens (tertiary/aromatic N) is 3. The second-order valence-corrected chi connectivity index (χ2v) is 7.58. The quantitative estimate of drug-likeness (QED) is 0.839. The standard InChI is InChI=1S/C18H21N3O3S/c1-13-4-14(7-19-6-13)8-23-15-2-3-24-18(5-15)10-21(11-18)17(22)16-9-25-12-20-16/h4,6-7,9,12,15H,2-3,5,8,10-11H2,1H3. The van der Waals surface area contributed by atoms with Crippen LogP contribution in [0.4, 0.5) is 0 Å². The first kappa shape index (κ1) is 16.6. The average Bonchev–Trinajstić information content (AvgIpc) is 3.12. The van der Waals surface area contributed by atoms with Crippen molar-refractivity contribution >= 4 is 17.2 Å². The van der Waals surface area contributed by atoms with Gasteiger partial charge in [-0.2, -0.15) is 0 Å². The highest BCUT2D eigenvalue weighted by Gasteiger charge is 2.49. The van der Waals surface area contributed by atoms with E-state index in [0.29, 0.717) is 32.0 Å². The number of aromatic nitrogens is 2. The summed E-state index contributed by atoms with van der Waals surface area (Å²) < 4.78 is 12.1. The number of hydrogen-bond acceptors (Lipinski definition) is 6. The number of carbonyl (C=O) groups excluding carboxylic acids is 1. The van der Waals surface area contributed by atoms with Gasteiger partial charge in [-0.1, -0.05) is 6.07 Å². The number of rotatable bonds is 4. The van der Waals surface area contributed by atoms with Crippen LogP contribution in [0.2, 0.25) is 0 Å². The lowest BCUT2D eigenvalue weighted by Crippen LogP contribution is -2.67. The molecule has 2 aromatic heterocycles. The Labute approximate surface area is 150 Å². The summed E-state index contributed by atoms with van der Waals surface area (Å²) in [6.07, 6.45) is 5.56. The molecule has 1 atom stereocenters. The van der Waals surface area contributed by atoms with E-state index in [-0.39, 0.29) is 17.6 Å². The van der Waals surface area contributed by atoms with Gasteiger partial charge in [0.2, 0.25) is 0 Å². The van der Waals surface area contributed by atoms with Crippen LogP contribution in [-0.4, -0.2) is 52.2 Å². The summed E-state index contributed by atoms with van der Waals surface area (Å²) in [4.78, 5) is 22.4. The molecule has 1 amide bonds. The Bertz CT molecular complexity index is 744. The largest absolute Gasteiger partial charge is 0.373 e. The fraction of sp³-hybridized carbons (Fsp3) is 0.500. The smallest absolute Gasteiger partial charge is 0.273 e. The summed E-state index contributed by atoms with van der Waals surface area (Å²) in [5.41, 5.74) is 4.19. The molecule has 1 unspecified atom stereocenters. The maximum Gasteiger partial charge on any atom is 0.273 e. The number of thiazole rings is 1. The molecule has 2 aliphatic rings. The highest BCUT2D eigenvalue weighted by Crippen LogP contribution is 2.36. The lowest BCUT2D eigenvalue weighted by atomic mass is 9.84. The first-order chi connectivity index (χ1) is 12.1. The van der Waals surface area contributed by atoms with Crippen LogP contribution in [0.5, 0.6) is 0 Å². The van der Waals surface area contributed by atoms with Gasteiger partial charge in [0.1, 0.15) is 11.3 Å². The SMILES string of the molecule is Cc1cncc(COC2CCOC3(C2)CN(C(=O)c2cscn2)C3)c1. The van der Waals surface area contributed by atoms with Crippen molar-refractivity contribution in [3.05, 3.63) is 46.2 Å². The fourth-order valence-electron chi connectivity index (χ4n) is 3.53. The van der Waals surface area contributed by atoms with Crippen LogP contribution in [0.1, 0.15) is 34.5 Å². The van der Waals surface area contributed by atoms with Gasteiger partial charge in [-0.15, -0.1) is 11.3 Å². The van der Waals surface area contributed by atoms with Gasteiger partial charge in [-0.05, 0) is 24.5 Å². The summed E-state index contributed by atoms with van der Waals surface area (Å²) in [6, 6.07) is 2.10. The molecule has 0 aromatic carbocycles. The minimum absolute atomic E-state index is 0.00986. The molecule has 0 bridgehead atoms. The van der Waals surface area contributed by atoms with E-state index in [1.54, 1.807) is 10.9 Å². The van der Waals surface area contributed by atoms with Crippen molar-refractivity contribution in [2.24, 2.45) is 0 Å². The molecule has 4 heterocycles. The van der Waals surface area contributed by atoms with Crippen LogP contribution in [0.3, 0.4) is 0 Å². The third-order valence-corrected chi connectivity index (χ3v) is 5.35. The highest BCUT2D eigenvalue weighted by molar-refractivity contribution is 7.07. The van der Waals surface area contributed by atoms with E-state index in [4.69, 9.17) is 9.47 Å². The molecule has 0 saturated carbocycles. The molecule has 1 spiro atoms. The van der Waals surface area contributed by atoms with E-state index in [2.05, 4.69) is 16.0 Å². The zero-order valence-corrected chi connectivity index (χ0v) is 15.0. The van der Waals surface area contributed by atoms with Gasteiger partial charge in [0, 0.05) is 30.8 Å². The maximum absolute atomic E-state index is 12.3. The van der Waals surface area contributed by atoms with Gasteiger partial charge in [0.05, 0.1) is 31.3 Å². The zero-order valence-electron chi connectivity index (χ0n) is 14.2. The summed E-state index contributed by atoms with van der Waals surface area (Å²) in [7, 11) is 0. The van der Waals surface area contributed by atoms with E-state index in [1.165, 1.54) is 11.3 Å². The molecule has 4 rings (SSSR count). The van der Waals surface area contributed by atoms with Crippen molar-refractivity contribution in [2.75, 3.05) is 19.7 Å². The molecule has 2 aliphatic heterocycles. The van der Waals surface area contributed by atoms with E-state index >= 15 is 0 Å². The Balaban J connectivity index is 1.31. The van der Waals surface area contributed by atoms with Crippen molar-refractivity contribution in [1.29, 1.82) is 0 Å². The van der Waals surface area contributed by atoms with Gasteiger partial charge >= 0.3 is 0 Å². The van der Waals surface area contributed by atoms with Crippen LogP contribution in [0.15, 0.2) is 29.4 Å². The number of amides is 1. The number of aryl methyl sites for hydroxylation is 1. The molecule has 0 N–H and O–H groups in total. The predicted molar refractivity (Wildman–Crippen MR) is 93.5 cm³/mol. The van der Waals surface area contributed by atoms with Crippen molar-refractivity contribution in [2.45, 2.75) is 38.1 Å². The molecule has 7 heteroatoms. The Morgan fingerprint density at radius 2 is 2.36 bits per heavy atom. The van der Waals surface area contributed by atoms with Gasteiger partial charge in [-0.25, -0.2) is 4.98 Å². The number of pyridine rings is 1.